The molecular weight excluding hydrogens is 264 g/mol. The third kappa shape index (κ3) is 2.82. The maximum absolute atomic E-state index is 11.0. The zero-order valence-corrected chi connectivity index (χ0v) is 12.0. The van der Waals surface area contributed by atoms with E-state index < -0.39 is 0 Å². The molecule has 1 aromatic heterocycles. The van der Waals surface area contributed by atoms with Gasteiger partial charge in [-0.25, -0.2) is 0 Å². The second-order valence-corrected chi connectivity index (χ2v) is 5.65. The molecule has 0 aromatic carbocycles. The predicted octanol–water partition coefficient (Wildman–Crippen LogP) is 2.13. The average Bonchev–Trinajstić information content (AvgIpc) is 2.95. The number of piperidine rings is 1. The Bertz CT molecular complexity index is 587. The number of aliphatic imine (C=N–C) groups is 1. The van der Waals surface area contributed by atoms with E-state index in [1.165, 1.54) is 17.5 Å². The molecule has 0 spiro atoms. The second-order valence-electron chi connectivity index (χ2n) is 5.65. The zero-order chi connectivity index (χ0) is 14.7. The SMILES string of the molecule is N=CC1/N=C\C=C(\N2CCCC(C=O)C2)Cc2cc[nH]c21. The zero-order valence-electron chi connectivity index (χ0n) is 12.0. The van der Waals surface area contributed by atoms with Gasteiger partial charge < -0.3 is 20.1 Å². The molecule has 2 unspecified atom stereocenters. The maximum Gasteiger partial charge on any atom is 0.124 e. The summed E-state index contributed by atoms with van der Waals surface area (Å²) in [6, 6.07) is 1.83. The van der Waals surface area contributed by atoms with Gasteiger partial charge in [-0.1, -0.05) is 0 Å². The summed E-state index contributed by atoms with van der Waals surface area (Å²) in [5, 5.41) is 7.50. The lowest BCUT2D eigenvalue weighted by Crippen LogP contribution is -2.36. The van der Waals surface area contributed by atoms with E-state index in [4.69, 9.17) is 5.41 Å². The second kappa shape index (κ2) is 6.08. The summed E-state index contributed by atoms with van der Waals surface area (Å²) in [6.45, 7) is 1.80. The van der Waals surface area contributed by atoms with Crippen LogP contribution < -0.4 is 0 Å². The van der Waals surface area contributed by atoms with Gasteiger partial charge in [0.25, 0.3) is 0 Å². The summed E-state index contributed by atoms with van der Waals surface area (Å²) in [5.74, 6) is 0.141. The molecule has 1 aromatic rings. The molecule has 21 heavy (non-hydrogen) atoms. The van der Waals surface area contributed by atoms with Crippen molar-refractivity contribution in [1.82, 2.24) is 9.88 Å². The number of hydrogen-bond donors (Lipinski definition) is 2. The normalized spacial score (nSPS) is 29.5. The Morgan fingerprint density at radius 1 is 1.48 bits per heavy atom. The quantitative estimate of drug-likeness (QED) is 0.659. The fourth-order valence-electron chi connectivity index (χ4n) is 3.12. The number of aromatic amines is 1. The van der Waals surface area contributed by atoms with Crippen LogP contribution in [0, 0.1) is 11.3 Å². The predicted molar refractivity (Wildman–Crippen MR) is 83.0 cm³/mol. The number of hydrogen-bond acceptors (Lipinski definition) is 4. The molecular formula is C16H20N4O. The molecule has 5 nitrogen and oxygen atoms in total. The molecule has 3 heterocycles. The lowest BCUT2D eigenvalue weighted by Gasteiger charge is -2.34. The van der Waals surface area contributed by atoms with Crippen molar-refractivity contribution in [3.05, 3.63) is 35.3 Å². The first-order valence-corrected chi connectivity index (χ1v) is 7.41. The van der Waals surface area contributed by atoms with Gasteiger partial charge in [0.2, 0.25) is 0 Å². The van der Waals surface area contributed by atoms with Crippen LogP contribution in [0.2, 0.25) is 0 Å². The van der Waals surface area contributed by atoms with Crippen LogP contribution in [0.5, 0.6) is 0 Å². The summed E-state index contributed by atoms with van der Waals surface area (Å²) in [7, 11) is 0. The number of aromatic nitrogens is 1. The first kappa shape index (κ1) is 13.8. The van der Waals surface area contributed by atoms with Crippen molar-refractivity contribution >= 4 is 18.7 Å². The summed E-state index contributed by atoms with van der Waals surface area (Å²) in [4.78, 5) is 21.0. The Morgan fingerprint density at radius 3 is 3.19 bits per heavy atom. The standard InChI is InChI=1S/C16H20N4O/c17-9-15-16-13(3-5-19-16)8-14(4-6-18-15)20-7-1-2-12(10-20)11-21/h3-6,9,11-12,15,17,19H,1-2,7-8,10H2/b14-4+,17-9?,18-6-. The van der Waals surface area contributed by atoms with Crippen LogP contribution in [-0.2, 0) is 11.2 Å². The van der Waals surface area contributed by atoms with E-state index in [1.807, 2.05) is 12.3 Å². The molecule has 2 N–H and O–H groups in total. The van der Waals surface area contributed by atoms with Crippen molar-refractivity contribution in [1.29, 1.82) is 5.41 Å². The first-order chi connectivity index (χ1) is 10.3. The van der Waals surface area contributed by atoms with Gasteiger partial charge >= 0.3 is 0 Å². The Labute approximate surface area is 124 Å². The molecule has 0 aliphatic carbocycles. The molecule has 2 aliphatic rings. The fraction of sp³-hybridized carbons (Fsp3) is 0.438. The van der Waals surface area contributed by atoms with Gasteiger partial charge in [-0.15, -0.1) is 0 Å². The smallest absolute Gasteiger partial charge is 0.124 e. The summed E-state index contributed by atoms with van der Waals surface area (Å²) in [5.41, 5.74) is 3.38. The number of aldehydes is 1. The van der Waals surface area contributed by atoms with Gasteiger partial charge in [0, 0.05) is 55.4 Å². The van der Waals surface area contributed by atoms with Crippen LogP contribution >= 0.6 is 0 Å². The highest BCUT2D eigenvalue weighted by Crippen LogP contribution is 2.26. The van der Waals surface area contributed by atoms with E-state index >= 15 is 0 Å². The Balaban J connectivity index is 1.87. The van der Waals surface area contributed by atoms with Crippen LogP contribution in [0.3, 0.4) is 0 Å². The summed E-state index contributed by atoms with van der Waals surface area (Å²) >= 11 is 0. The van der Waals surface area contributed by atoms with E-state index in [2.05, 4.69) is 20.9 Å². The number of carbonyl (C=O) groups is 1. The molecule has 0 radical (unpaired) electrons. The minimum absolute atomic E-state index is 0.141. The van der Waals surface area contributed by atoms with Gasteiger partial charge in [-0.3, -0.25) is 4.99 Å². The monoisotopic (exact) mass is 284 g/mol. The van der Waals surface area contributed by atoms with Crippen molar-refractivity contribution in [2.24, 2.45) is 10.9 Å². The third-order valence-corrected chi connectivity index (χ3v) is 4.26. The third-order valence-electron chi connectivity index (χ3n) is 4.26. The average molecular weight is 284 g/mol. The van der Waals surface area contributed by atoms with E-state index in [1.54, 1.807) is 6.21 Å². The number of fused-ring (bicyclic) bond motifs is 1. The Kier molecular flexibility index (Phi) is 3.99. The van der Waals surface area contributed by atoms with E-state index in [-0.39, 0.29) is 12.0 Å². The van der Waals surface area contributed by atoms with Gasteiger partial charge in [0.05, 0.1) is 0 Å². The van der Waals surface area contributed by atoms with Crippen LogP contribution in [-0.4, -0.2) is 41.7 Å². The van der Waals surface area contributed by atoms with E-state index in [0.29, 0.717) is 0 Å². The van der Waals surface area contributed by atoms with Crippen LogP contribution in [0.1, 0.15) is 30.1 Å². The number of H-pyrrole nitrogens is 1. The topological polar surface area (TPSA) is 72.3 Å². The Morgan fingerprint density at radius 2 is 2.38 bits per heavy atom. The van der Waals surface area contributed by atoms with Crippen LogP contribution in [0.4, 0.5) is 0 Å². The Hall–Kier alpha value is -2.17. The number of likely N-dealkylation sites (tertiary alicyclic amines) is 1. The molecule has 0 saturated carbocycles. The number of nitrogens with zero attached hydrogens (tertiary/aromatic N) is 2. The van der Waals surface area contributed by atoms with Crippen molar-refractivity contribution in [3.63, 3.8) is 0 Å². The number of allylic oxidation sites excluding steroid dienone is 2. The molecule has 2 atom stereocenters. The fourth-order valence-corrected chi connectivity index (χ4v) is 3.12. The molecule has 5 heteroatoms. The van der Waals surface area contributed by atoms with Crippen LogP contribution in [0.25, 0.3) is 0 Å². The minimum atomic E-state index is -0.225. The molecule has 1 fully saturated rings. The molecule has 0 bridgehead atoms. The summed E-state index contributed by atoms with van der Waals surface area (Å²) < 4.78 is 0. The maximum atomic E-state index is 11.0. The van der Waals surface area contributed by atoms with E-state index in [0.717, 1.165) is 44.3 Å². The molecule has 0 amide bonds. The molecule has 2 aliphatic heterocycles. The number of nitrogens with one attached hydrogen (secondary N) is 2. The number of rotatable bonds is 3. The van der Waals surface area contributed by atoms with Gasteiger partial charge in [0.15, 0.2) is 0 Å². The molecule has 110 valence electrons. The van der Waals surface area contributed by atoms with Crippen molar-refractivity contribution in [2.45, 2.75) is 25.3 Å². The molecule has 1 saturated heterocycles. The lowest BCUT2D eigenvalue weighted by atomic mass is 9.97. The summed E-state index contributed by atoms with van der Waals surface area (Å²) in [6.07, 6.45) is 11.0. The van der Waals surface area contributed by atoms with Gasteiger partial charge in [-0.05, 0) is 30.5 Å². The first-order valence-electron chi connectivity index (χ1n) is 7.41. The molecule has 3 rings (SSSR count). The minimum Gasteiger partial charge on any atom is -0.374 e. The van der Waals surface area contributed by atoms with Crippen LogP contribution in [0.15, 0.2) is 29.0 Å². The highest BCUT2D eigenvalue weighted by atomic mass is 16.1. The van der Waals surface area contributed by atoms with Gasteiger partial charge in [0.1, 0.15) is 12.3 Å². The largest absolute Gasteiger partial charge is 0.374 e. The highest BCUT2D eigenvalue weighted by molar-refractivity contribution is 5.77. The van der Waals surface area contributed by atoms with Crippen molar-refractivity contribution < 1.29 is 4.79 Å². The highest BCUT2D eigenvalue weighted by Gasteiger charge is 2.23. The van der Waals surface area contributed by atoms with Crippen molar-refractivity contribution in [2.75, 3.05) is 13.1 Å². The van der Waals surface area contributed by atoms with E-state index in [9.17, 15) is 4.79 Å². The van der Waals surface area contributed by atoms with Gasteiger partial charge in [-0.2, -0.15) is 0 Å². The van der Waals surface area contributed by atoms with Crippen molar-refractivity contribution in [3.8, 4) is 0 Å². The lowest BCUT2D eigenvalue weighted by molar-refractivity contribution is -0.112. The number of carbonyl (C=O) groups excluding carboxylic acids is 1.